The molecule has 0 radical (unpaired) electrons. The van der Waals surface area contributed by atoms with Gasteiger partial charge in [0.2, 0.25) is 10.0 Å². The molecule has 158 valence electrons. The van der Waals surface area contributed by atoms with Crippen LogP contribution < -0.4 is 11.2 Å². The summed E-state index contributed by atoms with van der Waals surface area (Å²) in [6.07, 6.45) is 0. The van der Waals surface area contributed by atoms with Gasteiger partial charge >= 0.3 is 5.69 Å². The highest BCUT2D eigenvalue weighted by Crippen LogP contribution is 2.24. The first kappa shape index (κ1) is 23.0. The Morgan fingerprint density at radius 1 is 1.24 bits per heavy atom. The molecule has 0 aliphatic heterocycles. The molecule has 0 saturated heterocycles. The van der Waals surface area contributed by atoms with Gasteiger partial charge in [-0.2, -0.15) is 0 Å². The van der Waals surface area contributed by atoms with Crippen LogP contribution in [0.2, 0.25) is 5.02 Å². The number of aryl methyl sites for hydroxylation is 1. The number of Topliss-reactive ketones (excluding diaryl/α,β-unsaturated/α-hetero) is 1. The molecule has 2 aromatic rings. The number of sulfonamides is 1. The van der Waals surface area contributed by atoms with Gasteiger partial charge in [0, 0.05) is 37.5 Å². The maximum Gasteiger partial charge on any atom is 0.335 e. The molecular formula is C18H21ClFN3O5S. The van der Waals surface area contributed by atoms with Crippen molar-refractivity contribution in [2.75, 3.05) is 12.8 Å². The molecule has 1 heterocycles. The Morgan fingerprint density at radius 2 is 1.83 bits per heavy atom. The normalized spacial score (nSPS) is 12.0. The molecule has 8 nitrogen and oxygen atoms in total. The zero-order valence-corrected chi connectivity index (χ0v) is 18.1. The van der Waals surface area contributed by atoms with E-state index in [1.165, 1.54) is 21.0 Å². The first-order chi connectivity index (χ1) is 13.3. The van der Waals surface area contributed by atoms with Gasteiger partial charge in [0.1, 0.15) is 11.6 Å². The van der Waals surface area contributed by atoms with Crippen molar-refractivity contribution in [1.29, 1.82) is 0 Å². The summed E-state index contributed by atoms with van der Waals surface area (Å²) in [5, 5.41) is -0.323. The maximum absolute atomic E-state index is 14.5. The summed E-state index contributed by atoms with van der Waals surface area (Å²) in [6.45, 7) is 4.82. The fraction of sp³-hybridized carbons (Fsp3) is 0.389. The van der Waals surface area contributed by atoms with E-state index in [2.05, 4.69) is 0 Å². The highest BCUT2D eigenvalue weighted by Gasteiger charge is 2.27. The second-order valence-corrected chi connectivity index (χ2v) is 9.31. The zero-order chi connectivity index (χ0) is 22.3. The van der Waals surface area contributed by atoms with Crippen LogP contribution >= 0.6 is 11.6 Å². The number of benzene rings is 1. The Morgan fingerprint density at radius 3 is 2.38 bits per heavy atom. The molecule has 2 rings (SSSR count). The van der Waals surface area contributed by atoms with E-state index in [4.69, 9.17) is 11.6 Å². The number of carbonyl (C=O) groups excluding carboxylic acids is 1. The van der Waals surface area contributed by atoms with Crippen LogP contribution in [0.1, 0.15) is 29.9 Å². The van der Waals surface area contributed by atoms with Crippen molar-refractivity contribution in [2.24, 2.45) is 7.05 Å². The first-order valence-corrected chi connectivity index (χ1v) is 10.5. The third-order valence-corrected chi connectivity index (χ3v) is 6.86. The van der Waals surface area contributed by atoms with Gasteiger partial charge in [0.15, 0.2) is 5.78 Å². The zero-order valence-electron chi connectivity index (χ0n) is 16.6. The Kier molecular flexibility index (Phi) is 6.51. The number of hydrogen-bond acceptors (Lipinski definition) is 5. The molecule has 1 aromatic carbocycles. The Balaban J connectivity index is 2.63. The van der Waals surface area contributed by atoms with Gasteiger partial charge in [-0.3, -0.25) is 9.59 Å². The second kappa shape index (κ2) is 8.21. The number of rotatable bonds is 6. The van der Waals surface area contributed by atoms with Crippen LogP contribution in [-0.4, -0.2) is 46.5 Å². The van der Waals surface area contributed by atoms with Gasteiger partial charge < -0.3 is 4.57 Å². The lowest BCUT2D eigenvalue weighted by Crippen LogP contribution is -2.39. The lowest BCUT2D eigenvalue weighted by molar-refractivity contribution is 0.101. The van der Waals surface area contributed by atoms with Crippen LogP contribution in [0.15, 0.2) is 27.8 Å². The summed E-state index contributed by atoms with van der Waals surface area (Å²) < 4.78 is 42.0. The first-order valence-electron chi connectivity index (χ1n) is 8.56. The van der Waals surface area contributed by atoms with E-state index < -0.39 is 44.3 Å². The molecule has 0 atom stereocenters. The summed E-state index contributed by atoms with van der Waals surface area (Å²) in [5.41, 5.74) is -2.04. The van der Waals surface area contributed by atoms with E-state index in [9.17, 15) is 27.2 Å². The summed E-state index contributed by atoms with van der Waals surface area (Å²) in [5.74, 6) is -2.79. The fourth-order valence-corrected chi connectivity index (χ4v) is 4.13. The van der Waals surface area contributed by atoms with Crippen molar-refractivity contribution in [3.05, 3.63) is 61.1 Å². The predicted octanol–water partition coefficient (Wildman–Crippen LogP) is 1.49. The molecule has 0 unspecified atom stereocenters. The molecule has 11 heteroatoms. The number of aromatic nitrogens is 2. The largest absolute Gasteiger partial charge is 0.335 e. The summed E-state index contributed by atoms with van der Waals surface area (Å²) in [4.78, 5) is 37.4. The van der Waals surface area contributed by atoms with Crippen LogP contribution in [0.3, 0.4) is 0 Å². The number of carbonyl (C=O) groups is 1. The topological polar surface area (TPSA) is 98.5 Å². The quantitative estimate of drug-likeness (QED) is 0.627. The number of nitrogens with zero attached hydrogens (tertiary/aromatic N) is 3. The lowest BCUT2D eigenvalue weighted by Gasteiger charge is -2.20. The third-order valence-electron chi connectivity index (χ3n) is 4.62. The van der Waals surface area contributed by atoms with Gasteiger partial charge in [-0.15, -0.1) is 0 Å². The van der Waals surface area contributed by atoms with Gasteiger partial charge in [0.05, 0.1) is 10.7 Å². The summed E-state index contributed by atoms with van der Waals surface area (Å²) in [7, 11) is -1.20. The molecule has 0 amide bonds. The van der Waals surface area contributed by atoms with E-state index in [-0.39, 0.29) is 16.6 Å². The van der Waals surface area contributed by atoms with Crippen LogP contribution in [-0.2, 0) is 17.1 Å². The van der Waals surface area contributed by atoms with E-state index in [0.29, 0.717) is 10.3 Å². The highest BCUT2D eigenvalue weighted by molar-refractivity contribution is 7.89. The maximum atomic E-state index is 14.5. The number of hydrogen-bond donors (Lipinski definition) is 0. The lowest BCUT2D eigenvalue weighted by atomic mass is 10.1. The van der Waals surface area contributed by atoms with Gasteiger partial charge in [0.25, 0.3) is 5.56 Å². The smallest absolute Gasteiger partial charge is 0.301 e. The van der Waals surface area contributed by atoms with Gasteiger partial charge in [-0.05, 0) is 32.9 Å². The van der Waals surface area contributed by atoms with Crippen LogP contribution in [0.5, 0.6) is 0 Å². The molecule has 0 aliphatic rings. The molecule has 0 aliphatic carbocycles. The number of halogens is 2. The molecule has 0 N–H and O–H groups in total. The minimum absolute atomic E-state index is 0.307. The standard InChI is InChI=1S/C18H21ClFN3O5S/c1-10(2)22(5)29(27,28)9-16(24)12-7-15(14(20)8-13(12)19)23-17(25)6-11(3)21(4)18(23)26/h6-8,10H,9H2,1-5H3. The van der Waals surface area contributed by atoms with E-state index in [1.807, 2.05) is 0 Å². The monoisotopic (exact) mass is 445 g/mol. The van der Waals surface area contributed by atoms with Crippen LogP contribution in [0.25, 0.3) is 5.69 Å². The Bertz CT molecular complexity index is 1200. The molecule has 0 bridgehead atoms. The van der Waals surface area contributed by atoms with E-state index in [0.717, 1.165) is 27.1 Å². The molecule has 0 fully saturated rings. The summed E-state index contributed by atoms with van der Waals surface area (Å²) >= 11 is 5.95. The van der Waals surface area contributed by atoms with E-state index in [1.54, 1.807) is 13.8 Å². The average Bonchev–Trinajstić information content (AvgIpc) is 2.60. The van der Waals surface area contributed by atoms with E-state index >= 15 is 0 Å². The molecule has 0 spiro atoms. The van der Waals surface area contributed by atoms with Crippen molar-refractivity contribution in [2.45, 2.75) is 26.8 Å². The Labute approximate surface area is 172 Å². The third kappa shape index (κ3) is 4.49. The van der Waals surface area contributed by atoms with Gasteiger partial charge in [-0.1, -0.05) is 11.6 Å². The SMILES string of the molecule is Cc1cc(=O)n(-c2cc(C(=O)CS(=O)(=O)N(C)C(C)C)c(Cl)cc2F)c(=O)n1C. The second-order valence-electron chi connectivity index (χ2n) is 6.87. The molecule has 1 aromatic heterocycles. The van der Waals surface area contributed by atoms with Crippen LogP contribution in [0, 0.1) is 12.7 Å². The molecule has 0 saturated carbocycles. The van der Waals surface area contributed by atoms with Crippen molar-refractivity contribution in [3.63, 3.8) is 0 Å². The molecular weight excluding hydrogens is 425 g/mol. The van der Waals surface area contributed by atoms with Crippen LogP contribution in [0.4, 0.5) is 4.39 Å². The molecule has 29 heavy (non-hydrogen) atoms. The predicted molar refractivity (Wildman–Crippen MR) is 108 cm³/mol. The minimum atomic E-state index is -3.94. The summed E-state index contributed by atoms with van der Waals surface area (Å²) in [6, 6.07) is 2.46. The minimum Gasteiger partial charge on any atom is -0.301 e. The number of ketones is 1. The van der Waals surface area contributed by atoms with Gasteiger partial charge in [-0.25, -0.2) is 26.5 Å². The van der Waals surface area contributed by atoms with Crippen molar-refractivity contribution in [1.82, 2.24) is 13.4 Å². The highest BCUT2D eigenvalue weighted by atomic mass is 35.5. The average molecular weight is 446 g/mol. The fourth-order valence-electron chi connectivity index (χ4n) is 2.55. The van der Waals surface area contributed by atoms with Crippen molar-refractivity contribution < 1.29 is 17.6 Å². The Hall–Kier alpha value is -2.30. The van der Waals surface area contributed by atoms with Crippen molar-refractivity contribution >= 4 is 27.4 Å². The van der Waals surface area contributed by atoms with Crippen molar-refractivity contribution in [3.8, 4) is 5.69 Å².